The zero-order valence-corrected chi connectivity index (χ0v) is 21.8. The number of carbonyl (C=O) groups excluding carboxylic acids is 2. The molecule has 6 nitrogen and oxygen atoms in total. The molecule has 1 N–H and O–H groups in total. The summed E-state index contributed by atoms with van der Waals surface area (Å²) >= 11 is 17.7. The molecule has 0 aliphatic carbocycles. The Morgan fingerprint density at radius 1 is 1.00 bits per heavy atom. The van der Waals surface area contributed by atoms with Crippen molar-refractivity contribution in [3.63, 3.8) is 0 Å². The second kappa shape index (κ2) is 11.1. The number of ether oxygens (including phenoxy) is 2. The highest BCUT2D eigenvalue weighted by Gasteiger charge is 2.34. The highest BCUT2D eigenvalue weighted by Crippen LogP contribution is 2.38. The highest BCUT2D eigenvalue weighted by molar-refractivity contribution is 7.80. The lowest BCUT2D eigenvalue weighted by molar-refractivity contribution is -0.122. The van der Waals surface area contributed by atoms with Crippen LogP contribution in [-0.2, 0) is 22.6 Å². The fraction of sp³-hybridized carbons (Fsp3) is 0.148. The van der Waals surface area contributed by atoms with E-state index in [2.05, 4.69) is 5.32 Å². The Labute approximate surface area is 224 Å². The first-order valence-electron chi connectivity index (χ1n) is 11.1. The first kappa shape index (κ1) is 25.7. The molecule has 0 spiro atoms. The van der Waals surface area contributed by atoms with Gasteiger partial charge in [-0.3, -0.25) is 19.8 Å². The van der Waals surface area contributed by atoms with Gasteiger partial charge < -0.3 is 9.47 Å². The average Bonchev–Trinajstić information content (AvgIpc) is 2.87. The number of methoxy groups -OCH3 is 1. The van der Waals surface area contributed by atoms with Gasteiger partial charge in [0.05, 0.1) is 17.8 Å². The number of anilines is 1. The van der Waals surface area contributed by atoms with Gasteiger partial charge in [0.25, 0.3) is 11.8 Å². The molecule has 0 saturated carbocycles. The number of aryl methyl sites for hydroxylation is 1. The van der Waals surface area contributed by atoms with E-state index >= 15 is 0 Å². The van der Waals surface area contributed by atoms with Crippen molar-refractivity contribution in [2.24, 2.45) is 0 Å². The van der Waals surface area contributed by atoms with Gasteiger partial charge >= 0.3 is 0 Å². The van der Waals surface area contributed by atoms with Gasteiger partial charge in [-0.2, -0.15) is 0 Å². The summed E-state index contributed by atoms with van der Waals surface area (Å²) in [4.78, 5) is 27.3. The van der Waals surface area contributed by atoms with Gasteiger partial charge in [-0.05, 0) is 77.8 Å². The number of halogens is 2. The molecule has 9 heteroatoms. The van der Waals surface area contributed by atoms with Crippen LogP contribution >= 0.6 is 35.4 Å². The minimum atomic E-state index is -0.593. The van der Waals surface area contributed by atoms with Crippen LogP contribution in [0.25, 0.3) is 6.08 Å². The second-order valence-corrected chi connectivity index (χ2v) is 9.16. The molecule has 3 aromatic rings. The Balaban J connectivity index is 1.62. The third-order valence-corrected chi connectivity index (χ3v) is 6.38. The lowest BCUT2D eigenvalue weighted by Crippen LogP contribution is -2.54. The first-order valence-corrected chi connectivity index (χ1v) is 12.2. The maximum absolute atomic E-state index is 13.3. The van der Waals surface area contributed by atoms with Crippen LogP contribution in [-0.4, -0.2) is 24.0 Å². The van der Waals surface area contributed by atoms with E-state index in [0.717, 1.165) is 17.5 Å². The minimum Gasteiger partial charge on any atom is -0.493 e. The monoisotopic (exact) mass is 540 g/mol. The first-order chi connectivity index (χ1) is 17.3. The fourth-order valence-electron chi connectivity index (χ4n) is 3.64. The molecule has 1 aliphatic rings. The molecule has 2 amide bonds. The average molecular weight is 541 g/mol. The molecule has 1 aliphatic heterocycles. The molecular weight excluding hydrogens is 519 g/mol. The molecule has 3 aromatic carbocycles. The van der Waals surface area contributed by atoms with Gasteiger partial charge in [0, 0.05) is 5.02 Å². The van der Waals surface area contributed by atoms with E-state index in [1.165, 1.54) is 18.1 Å². The normalized spacial score (nSPS) is 14.7. The van der Waals surface area contributed by atoms with Crippen LogP contribution in [0.15, 0.2) is 66.2 Å². The predicted molar refractivity (Wildman–Crippen MR) is 146 cm³/mol. The van der Waals surface area contributed by atoms with E-state index in [-0.39, 0.29) is 22.3 Å². The zero-order chi connectivity index (χ0) is 25.8. The van der Waals surface area contributed by atoms with E-state index in [1.807, 2.05) is 31.2 Å². The van der Waals surface area contributed by atoms with Crippen LogP contribution < -0.4 is 19.7 Å². The third-order valence-electron chi connectivity index (χ3n) is 5.56. The summed E-state index contributed by atoms with van der Waals surface area (Å²) in [6, 6.07) is 17.9. The molecule has 1 heterocycles. The highest BCUT2D eigenvalue weighted by atomic mass is 35.5. The Morgan fingerprint density at radius 2 is 1.67 bits per heavy atom. The molecule has 0 unspecified atom stereocenters. The standard InChI is InChI=1S/C27H22Cl2N2O4S/c1-3-16-6-10-20(11-7-16)31-26(33)21(25(32)30-27(31)36)12-18-13-22(29)24(23(14-18)34-2)35-15-17-4-8-19(28)9-5-17/h4-14H,3,15H2,1-2H3,(H,30,32,36)/b21-12+. The summed E-state index contributed by atoms with van der Waals surface area (Å²) < 4.78 is 11.4. The smallest absolute Gasteiger partial charge is 0.270 e. The van der Waals surface area contributed by atoms with Gasteiger partial charge in [-0.25, -0.2) is 0 Å². The number of carbonyl (C=O) groups is 2. The third kappa shape index (κ3) is 5.54. The van der Waals surface area contributed by atoms with Crippen molar-refractivity contribution < 1.29 is 19.1 Å². The molecule has 0 aromatic heterocycles. The molecule has 184 valence electrons. The lowest BCUT2D eigenvalue weighted by Gasteiger charge is -2.29. The molecule has 0 radical (unpaired) electrons. The van der Waals surface area contributed by atoms with Crippen LogP contribution in [0.3, 0.4) is 0 Å². The van der Waals surface area contributed by atoms with Crippen molar-refractivity contribution in [1.82, 2.24) is 5.32 Å². The molecule has 1 fully saturated rings. The fourth-order valence-corrected chi connectivity index (χ4v) is 4.32. The van der Waals surface area contributed by atoms with Crippen molar-refractivity contribution in [3.8, 4) is 11.5 Å². The second-order valence-electron chi connectivity index (χ2n) is 7.93. The van der Waals surface area contributed by atoms with Crippen molar-refractivity contribution >= 4 is 64.1 Å². The Bertz CT molecular complexity index is 1360. The summed E-state index contributed by atoms with van der Waals surface area (Å²) in [5.74, 6) is -0.431. The SMILES string of the molecule is CCc1ccc(N2C(=O)/C(=C/c3cc(Cl)c(OCc4ccc(Cl)cc4)c(OC)c3)C(=O)NC2=S)cc1. The zero-order valence-electron chi connectivity index (χ0n) is 19.5. The minimum absolute atomic E-state index is 0.0213. The summed E-state index contributed by atoms with van der Waals surface area (Å²) in [5.41, 5.74) is 2.99. The number of benzene rings is 3. The predicted octanol–water partition coefficient (Wildman–Crippen LogP) is 5.97. The summed E-state index contributed by atoms with van der Waals surface area (Å²) in [6.07, 6.45) is 2.31. The van der Waals surface area contributed by atoms with E-state index in [1.54, 1.807) is 36.4 Å². The lowest BCUT2D eigenvalue weighted by atomic mass is 10.1. The number of nitrogens with one attached hydrogen (secondary N) is 1. The van der Waals surface area contributed by atoms with E-state index < -0.39 is 11.8 Å². The van der Waals surface area contributed by atoms with Crippen LogP contribution in [0.5, 0.6) is 11.5 Å². The molecule has 4 rings (SSSR count). The van der Waals surface area contributed by atoms with Crippen LogP contribution in [0.2, 0.25) is 10.0 Å². The van der Waals surface area contributed by atoms with Gasteiger partial charge in [-0.15, -0.1) is 0 Å². The molecule has 1 saturated heterocycles. The van der Waals surface area contributed by atoms with Gasteiger partial charge in [0.1, 0.15) is 12.2 Å². The summed E-state index contributed by atoms with van der Waals surface area (Å²) in [5, 5.41) is 3.50. The van der Waals surface area contributed by atoms with Crippen molar-refractivity contribution in [1.29, 1.82) is 0 Å². The molecule has 0 bridgehead atoms. The van der Waals surface area contributed by atoms with Gasteiger partial charge in [0.2, 0.25) is 0 Å². The Hall–Kier alpha value is -3.39. The Morgan fingerprint density at radius 3 is 2.31 bits per heavy atom. The summed E-state index contributed by atoms with van der Waals surface area (Å²) in [6.45, 7) is 2.29. The number of nitrogens with zero attached hydrogens (tertiary/aromatic N) is 1. The van der Waals surface area contributed by atoms with Gasteiger partial charge in [0.15, 0.2) is 16.6 Å². The van der Waals surface area contributed by atoms with Crippen LogP contribution in [0.1, 0.15) is 23.6 Å². The molecule has 0 atom stereocenters. The van der Waals surface area contributed by atoms with Gasteiger partial charge in [-0.1, -0.05) is 54.4 Å². The molecule has 36 heavy (non-hydrogen) atoms. The van der Waals surface area contributed by atoms with Crippen LogP contribution in [0.4, 0.5) is 5.69 Å². The summed E-state index contributed by atoms with van der Waals surface area (Å²) in [7, 11) is 1.48. The van der Waals surface area contributed by atoms with Crippen molar-refractivity contribution in [2.75, 3.05) is 12.0 Å². The molecular formula is C27H22Cl2N2O4S. The number of thiocarbonyl (C=S) groups is 1. The quantitative estimate of drug-likeness (QED) is 0.227. The topological polar surface area (TPSA) is 67.9 Å². The number of amides is 2. The van der Waals surface area contributed by atoms with E-state index in [0.29, 0.717) is 27.8 Å². The van der Waals surface area contributed by atoms with E-state index in [9.17, 15) is 9.59 Å². The maximum Gasteiger partial charge on any atom is 0.270 e. The number of rotatable bonds is 7. The van der Waals surface area contributed by atoms with Crippen molar-refractivity contribution in [2.45, 2.75) is 20.0 Å². The Kier molecular flexibility index (Phi) is 7.94. The number of hydrogen-bond donors (Lipinski definition) is 1. The van der Waals surface area contributed by atoms with Crippen LogP contribution in [0, 0.1) is 0 Å². The van der Waals surface area contributed by atoms with Crippen molar-refractivity contribution in [3.05, 3.63) is 93.0 Å². The maximum atomic E-state index is 13.3. The van der Waals surface area contributed by atoms with E-state index in [4.69, 9.17) is 44.9 Å². The largest absolute Gasteiger partial charge is 0.493 e. The number of hydrogen-bond acceptors (Lipinski definition) is 5.